The first-order valence-electron chi connectivity index (χ1n) is 11.2. The topological polar surface area (TPSA) is 91.2 Å². The largest absolute Gasteiger partial charge is 0.359 e. The predicted octanol–water partition coefficient (Wildman–Crippen LogP) is 3.82. The van der Waals surface area contributed by atoms with E-state index in [0.717, 1.165) is 53.9 Å². The molecule has 4 rings (SSSR count). The smallest absolute Gasteiger partial charge is 0.259 e. The quantitative estimate of drug-likeness (QED) is 0.462. The summed E-state index contributed by atoms with van der Waals surface area (Å²) in [7, 11) is 0. The van der Waals surface area contributed by atoms with Crippen LogP contribution in [0.15, 0.2) is 24.3 Å². The van der Waals surface area contributed by atoms with Gasteiger partial charge < -0.3 is 20.9 Å². The van der Waals surface area contributed by atoms with Gasteiger partial charge in [-0.15, -0.1) is 18.8 Å². The van der Waals surface area contributed by atoms with Gasteiger partial charge in [0, 0.05) is 35.1 Å². The number of carbonyl (C=O) groups is 2. The van der Waals surface area contributed by atoms with Crippen molar-refractivity contribution >= 4 is 41.6 Å². The number of aromatic nitrogens is 1. The van der Waals surface area contributed by atoms with Gasteiger partial charge in [0.05, 0.1) is 17.8 Å². The number of hydrogen-bond donors (Lipinski definition) is 3. The zero-order valence-corrected chi connectivity index (χ0v) is 19.9. The number of nitrogens with zero attached hydrogens (tertiary/aromatic N) is 1. The number of carbonyl (C=O) groups excluding carboxylic acids is 2. The third kappa shape index (κ3) is 5.16. The van der Waals surface area contributed by atoms with E-state index in [1.165, 1.54) is 0 Å². The molecule has 2 heterocycles. The first kappa shape index (κ1) is 24.6. The molecule has 33 heavy (non-hydrogen) atoms. The van der Waals surface area contributed by atoms with Gasteiger partial charge in [0.15, 0.2) is 0 Å². The number of terminal acetylenes is 1. The number of H-pyrrole nitrogens is 1. The van der Waals surface area contributed by atoms with E-state index in [4.69, 9.17) is 12.2 Å². The van der Waals surface area contributed by atoms with Gasteiger partial charge in [0.25, 0.3) is 11.8 Å². The minimum atomic E-state index is -0.244. The number of aryl methyl sites for hydroxylation is 2. The Kier molecular flexibility index (Phi) is 7.68. The van der Waals surface area contributed by atoms with Crippen LogP contribution in [-0.4, -0.2) is 35.9 Å². The lowest BCUT2D eigenvalue weighted by molar-refractivity contribution is -0.113. The summed E-state index contributed by atoms with van der Waals surface area (Å²) in [6, 6.07) is 7.66. The maximum absolute atomic E-state index is 13.6. The van der Waals surface area contributed by atoms with E-state index in [9.17, 15) is 9.59 Å². The first-order chi connectivity index (χ1) is 15.4. The number of benzene rings is 1. The van der Waals surface area contributed by atoms with E-state index >= 15 is 0 Å². The van der Waals surface area contributed by atoms with Crippen LogP contribution in [-0.2, 0) is 4.79 Å². The van der Waals surface area contributed by atoms with Crippen molar-refractivity contribution < 1.29 is 9.59 Å². The number of nitrogens with two attached hydrogens (primary N) is 1. The Morgan fingerprint density at radius 3 is 2.79 bits per heavy atom. The minimum Gasteiger partial charge on any atom is -0.359 e. The molecule has 0 saturated heterocycles. The molecule has 1 aliphatic carbocycles. The van der Waals surface area contributed by atoms with Crippen LogP contribution in [0.2, 0.25) is 0 Å². The molecule has 2 aromatic rings. The predicted molar refractivity (Wildman–Crippen MR) is 135 cm³/mol. The fourth-order valence-electron chi connectivity index (χ4n) is 4.85. The van der Waals surface area contributed by atoms with Crippen molar-refractivity contribution in [2.45, 2.75) is 45.6 Å². The zero-order valence-electron chi connectivity index (χ0n) is 19.1. The Morgan fingerprint density at radius 2 is 2.12 bits per heavy atom. The second-order valence-electron chi connectivity index (χ2n) is 8.93. The van der Waals surface area contributed by atoms with Gasteiger partial charge in [-0.25, -0.2) is 0 Å². The molecule has 0 spiro atoms. The lowest BCUT2D eigenvalue weighted by atomic mass is 9.86. The Hall–Kier alpha value is -3.01. The molecule has 0 radical (unpaired) electrons. The van der Waals surface area contributed by atoms with E-state index in [1.54, 1.807) is 12.1 Å². The molecule has 1 fully saturated rings. The van der Waals surface area contributed by atoms with Crippen LogP contribution in [0, 0.1) is 32.1 Å². The van der Waals surface area contributed by atoms with Crippen molar-refractivity contribution in [2.24, 2.45) is 11.7 Å². The molecule has 1 aromatic heterocycles. The van der Waals surface area contributed by atoms with Crippen LogP contribution in [0.25, 0.3) is 11.6 Å². The maximum atomic E-state index is 13.6. The molecule has 4 N–H and O–H groups in total. The molecule has 2 aliphatic rings. The number of nitrogens with one attached hydrogen (secondary N) is 2. The van der Waals surface area contributed by atoms with Crippen LogP contribution in [0.4, 0.5) is 5.69 Å². The van der Waals surface area contributed by atoms with E-state index in [2.05, 4.69) is 22.3 Å². The fraction of sp³-hybridized carbons (Fsp3) is 0.385. The molecular formula is C26H31ClN4O2. The second kappa shape index (κ2) is 10.3. The highest BCUT2D eigenvalue weighted by atomic mass is 35.5. The molecular weight excluding hydrogens is 436 g/mol. The minimum absolute atomic E-state index is 0. The van der Waals surface area contributed by atoms with Crippen LogP contribution < -0.4 is 16.0 Å². The molecule has 1 saturated carbocycles. The SMILES string of the molecule is C#CCNC(=O)c1ccc2c(c1)N(CC1CCCC(N)C1)C(=O)/C2=C\c1[nH]c(C)cc1C.Cl. The van der Waals surface area contributed by atoms with E-state index in [0.29, 0.717) is 23.6 Å². The summed E-state index contributed by atoms with van der Waals surface area (Å²) in [5.41, 5.74) is 12.0. The van der Waals surface area contributed by atoms with Gasteiger partial charge in [-0.1, -0.05) is 18.4 Å². The average Bonchev–Trinajstić information content (AvgIpc) is 3.22. The highest BCUT2D eigenvalue weighted by Gasteiger charge is 2.35. The lowest BCUT2D eigenvalue weighted by Crippen LogP contribution is -2.37. The lowest BCUT2D eigenvalue weighted by Gasteiger charge is -2.30. The third-order valence-corrected chi connectivity index (χ3v) is 6.41. The number of halogens is 1. The summed E-state index contributed by atoms with van der Waals surface area (Å²) >= 11 is 0. The Bertz CT molecular complexity index is 1130. The van der Waals surface area contributed by atoms with Gasteiger partial charge in [0.2, 0.25) is 0 Å². The van der Waals surface area contributed by atoms with E-state index in [1.807, 2.05) is 30.9 Å². The molecule has 1 aliphatic heterocycles. The van der Waals surface area contributed by atoms with Crippen molar-refractivity contribution in [3.05, 3.63) is 52.3 Å². The van der Waals surface area contributed by atoms with E-state index < -0.39 is 0 Å². The average molecular weight is 467 g/mol. The van der Waals surface area contributed by atoms with Gasteiger partial charge in [-0.3, -0.25) is 9.59 Å². The van der Waals surface area contributed by atoms with Gasteiger partial charge in [-0.05, 0) is 68.9 Å². The summed E-state index contributed by atoms with van der Waals surface area (Å²) in [5, 5.41) is 2.70. The van der Waals surface area contributed by atoms with Crippen molar-refractivity contribution in [1.82, 2.24) is 10.3 Å². The summed E-state index contributed by atoms with van der Waals surface area (Å²) in [5.74, 6) is 2.49. The Balaban J connectivity index is 0.00000306. The highest BCUT2D eigenvalue weighted by Crippen LogP contribution is 2.40. The number of anilines is 1. The molecule has 174 valence electrons. The highest BCUT2D eigenvalue weighted by molar-refractivity contribution is 6.36. The van der Waals surface area contributed by atoms with Crippen molar-refractivity contribution in [1.29, 1.82) is 0 Å². The summed E-state index contributed by atoms with van der Waals surface area (Å²) in [4.78, 5) is 31.2. The van der Waals surface area contributed by atoms with Crippen LogP contribution in [0.3, 0.4) is 0 Å². The van der Waals surface area contributed by atoms with Crippen LogP contribution in [0.5, 0.6) is 0 Å². The standard InChI is InChI=1S/C26H30N4O2.ClH/c1-4-10-28-25(31)19-8-9-21-22(14-23-16(2)11-17(3)29-23)26(32)30(24(21)13-19)15-18-6-5-7-20(27)12-18;/h1,8-9,11,13-14,18,20,29H,5-7,10,12,15,27H2,2-3H3,(H,28,31);1H/b22-14-;. The molecule has 2 amide bonds. The Labute approximate surface area is 201 Å². The zero-order chi connectivity index (χ0) is 22.8. The molecule has 1 aromatic carbocycles. The van der Waals surface area contributed by atoms with Gasteiger partial charge in [-0.2, -0.15) is 0 Å². The summed E-state index contributed by atoms with van der Waals surface area (Å²) in [6.45, 7) is 4.79. The van der Waals surface area contributed by atoms with E-state index in [-0.39, 0.29) is 36.8 Å². The normalized spacial score (nSPS) is 20.8. The molecule has 2 atom stereocenters. The number of amides is 2. The molecule has 6 nitrogen and oxygen atoms in total. The second-order valence-corrected chi connectivity index (χ2v) is 8.93. The third-order valence-electron chi connectivity index (χ3n) is 6.41. The van der Waals surface area contributed by atoms with Crippen LogP contribution in [0.1, 0.15) is 58.6 Å². The number of hydrogen-bond acceptors (Lipinski definition) is 3. The molecule has 0 bridgehead atoms. The van der Waals surface area contributed by atoms with Crippen molar-refractivity contribution in [3.8, 4) is 12.3 Å². The Morgan fingerprint density at radius 1 is 1.33 bits per heavy atom. The molecule has 2 unspecified atom stereocenters. The number of rotatable bonds is 5. The maximum Gasteiger partial charge on any atom is 0.259 e. The summed E-state index contributed by atoms with van der Waals surface area (Å²) in [6.07, 6.45) is 11.3. The number of aromatic amines is 1. The van der Waals surface area contributed by atoms with Crippen LogP contribution >= 0.6 is 12.4 Å². The van der Waals surface area contributed by atoms with Gasteiger partial charge >= 0.3 is 0 Å². The summed E-state index contributed by atoms with van der Waals surface area (Å²) < 4.78 is 0. The first-order valence-corrected chi connectivity index (χ1v) is 11.2. The van der Waals surface area contributed by atoms with Crippen molar-refractivity contribution in [2.75, 3.05) is 18.0 Å². The number of fused-ring (bicyclic) bond motifs is 1. The van der Waals surface area contributed by atoms with Gasteiger partial charge in [0.1, 0.15) is 0 Å². The van der Waals surface area contributed by atoms with Crippen molar-refractivity contribution in [3.63, 3.8) is 0 Å². The monoisotopic (exact) mass is 466 g/mol. The fourth-order valence-corrected chi connectivity index (χ4v) is 4.85. The molecule has 7 heteroatoms.